The van der Waals surface area contributed by atoms with E-state index in [4.69, 9.17) is 47.9 Å². The average molecular weight is 954 g/mol. The van der Waals surface area contributed by atoms with E-state index < -0.39 is 6.29 Å². The highest BCUT2D eigenvalue weighted by Crippen LogP contribution is 2.46. The molecule has 2 N–H and O–H groups in total. The maximum Gasteiger partial charge on any atom is 0.203 e. The number of aromatic amines is 2. The van der Waals surface area contributed by atoms with Gasteiger partial charge < -0.3 is 47.9 Å². The topological polar surface area (TPSA) is 144 Å². The molecule has 2 aliphatic heterocycles. The summed E-state index contributed by atoms with van der Waals surface area (Å²) in [6.07, 6.45) is 15.0. The lowest BCUT2D eigenvalue weighted by molar-refractivity contribution is -0.106. The van der Waals surface area contributed by atoms with Gasteiger partial charge >= 0.3 is 0 Å². The number of nitrogens with one attached hydrogen (secondary N) is 2. The fraction of sp³-hybridized carbons (Fsp3) is 0.259. The van der Waals surface area contributed by atoms with Crippen LogP contribution in [0, 0.1) is 0 Å². The van der Waals surface area contributed by atoms with Crippen LogP contribution in [0.2, 0.25) is 0 Å². The summed E-state index contributed by atoms with van der Waals surface area (Å²) >= 11 is 0. The van der Waals surface area contributed by atoms with E-state index in [1.54, 1.807) is 55.1 Å². The zero-order valence-corrected chi connectivity index (χ0v) is 41.5. The van der Waals surface area contributed by atoms with Crippen LogP contribution in [0.5, 0.6) is 34.5 Å². The van der Waals surface area contributed by atoms with Crippen molar-refractivity contribution in [3.8, 4) is 79.0 Å². The van der Waals surface area contributed by atoms with Gasteiger partial charge in [-0.25, -0.2) is 9.97 Å². The number of hydrogen-bond donors (Lipinski definition) is 2. The Morgan fingerprint density at radius 3 is 1.13 bits per heavy atom. The molecule has 0 radical (unpaired) electrons. The van der Waals surface area contributed by atoms with Crippen LogP contribution >= 0.6 is 0 Å². The van der Waals surface area contributed by atoms with Crippen molar-refractivity contribution in [2.24, 2.45) is 0 Å². The Hall–Kier alpha value is -7.87. The zero-order valence-electron chi connectivity index (χ0n) is 41.5. The molecule has 4 aromatic heterocycles. The van der Waals surface area contributed by atoms with Crippen LogP contribution in [0.3, 0.4) is 0 Å². The van der Waals surface area contributed by atoms with Crippen molar-refractivity contribution < 1.29 is 37.9 Å². The van der Waals surface area contributed by atoms with Gasteiger partial charge in [-0.2, -0.15) is 0 Å². The summed E-state index contributed by atoms with van der Waals surface area (Å²) in [6.45, 7) is 5.30. The van der Waals surface area contributed by atoms with Crippen molar-refractivity contribution in [1.82, 2.24) is 24.9 Å². The number of methoxy groups -OCH3 is 6. The molecule has 8 bridgehead atoms. The van der Waals surface area contributed by atoms with Crippen molar-refractivity contribution in [3.63, 3.8) is 0 Å². The molecule has 9 rings (SSSR count). The fourth-order valence-corrected chi connectivity index (χ4v) is 9.08. The lowest BCUT2D eigenvalue weighted by Crippen LogP contribution is -2.03. The van der Waals surface area contributed by atoms with Gasteiger partial charge in [-0.05, 0) is 120 Å². The second-order valence-electron chi connectivity index (χ2n) is 17.0. The van der Waals surface area contributed by atoms with Gasteiger partial charge in [0.1, 0.15) is 0 Å². The van der Waals surface area contributed by atoms with Crippen molar-refractivity contribution in [1.29, 1.82) is 0 Å². The summed E-state index contributed by atoms with van der Waals surface area (Å²) in [7, 11) is 9.82. The minimum Gasteiger partial charge on any atom is -0.493 e. The molecule has 0 aliphatic carbocycles. The fourth-order valence-electron chi connectivity index (χ4n) is 9.08. The highest BCUT2D eigenvalue weighted by molar-refractivity contribution is 6.00. The van der Waals surface area contributed by atoms with Crippen LogP contribution in [0.25, 0.3) is 90.9 Å². The molecular formula is C58H59N5O8. The average Bonchev–Trinajstić information content (AvgIpc) is 4.26. The maximum atomic E-state index is 6.30. The molecule has 0 fully saturated rings. The first-order valence-corrected chi connectivity index (χ1v) is 23.9. The third-order valence-corrected chi connectivity index (χ3v) is 12.6. The zero-order chi connectivity index (χ0) is 49.4. The molecular weight excluding hydrogens is 895 g/mol. The van der Waals surface area contributed by atoms with Gasteiger partial charge in [0.25, 0.3) is 0 Å². The van der Waals surface area contributed by atoms with Crippen molar-refractivity contribution >= 4 is 46.4 Å². The molecule has 3 aromatic carbocycles. The van der Waals surface area contributed by atoms with E-state index in [-0.39, 0.29) is 0 Å². The summed E-state index contributed by atoms with van der Waals surface area (Å²) < 4.78 is 47.9. The van der Waals surface area contributed by atoms with E-state index in [1.165, 1.54) is 0 Å². The van der Waals surface area contributed by atoms with Gasteiger partial charge in [-0.1, -0.05) is 51.0 Å². The van der Waals surface area contributed by atoms with Gasteiger partial charge in [-0.3, -0.25) is 4.98 Å². The Bertz CT molecular complexity index is 3210. The first kappa shape index (κ1) is 48.2. The lowest BCUT2D eigenvalue weighted by atomic mass is 10.0. The smallest absolute Gasteiger partial charge is 0.203 e. The van der Waals surface area contributed by atoms with Crippen molar-refractivity contribution in [2.75, 3.05) is 55.9 Å². The molecule has 71 heavy (non-hydrogen) atoms. The molecule has 364 valence electrons. The Kier molecular flexibility index (Phi) is 14.8. The van der Waals surface area contributed by atoms with E-state index in [2.05, 4.69) is 83.4 Å². The minimum atomic E-state index is -0.516. The molecule has 7 aromatic rings. The molecule has 0 atom stereocenters. The number of hydrogen-bond acceptors (Lipinski definition) is 11. The maximum absolute atomic E-state index is 6.30. The van der Waals surface area contributed by atoms with E-state index >= 15 is 0 Å². The summed E-state index contributed by atoms with van der Waals surface area (Å²) in [6, 6.07) is 28.4. The van der Waals surface area contributed by atoms with Crippen LogP contribution < -0.4 is 28.4 Å². The number of rotatable bonds is 19. The van der Waals surface area contributed by atoms with Gasteiger partial charge in [-0.15, -0.1) is 0 Å². The number of benzene rings is 3. The van der Waals surface area contributed by atoms with E-state index in [0.29, 0.717) is 59.1 Å². The van der Waals surface area contributed by atoms with Crippen LogP contribution in [0.15, 0.2) is 97.3 Å². The molecule has 0 amide bonds. The third kappa shape index (κ3) is 9.71. The summed E-state index contributed by atoms with van der Waals surface area (Å²) in [4.78, 5) is 23.0. The number of pyridine rings is 1. The van der Waals surface area contributed by atoms with Crippen molar-refractivity contribution in [2.45, 2.75) is 45.8 Å². The predicted octanol–water partition coefficient (Wildman–Crippen LogP) is 13.4. The number of aromatic nitrogens is 5. The Balaban J connectivity index is 1.42. The highest BCUT2D eigenvalue weighted by Gasteiger charge is 2.24. The molecule has 13 nitrogen and oxygen atoms in total. The predicted molar refractivity (Wildman–Crippen MR) is 282 cm³/mol. The van der Waals surface area contributed by atoms with Crippen molar-refractivity contribution in [3.05, 3.63) is 126 Å². The number of unbranched alkanes of at least 4 members (excludes halogenated alkanes) is 2. The van der Waals surface area contributed by atoms with Crippen LogP contribution in [-0.4, -0.2) is 80.8 Å². The van der Waals surface area contributed by atoms with Gasteiger partial charge in [0.15, 0.2) is 29.3 Å². The molecule has 0 spiro atoms. The summed E-state index contributed by atoms with van der Waals surface area (Å²) in [5.74, 6) is 3.23. The summed E-state index contributed by atoms with van der Waals surface area (Å²) in [5.41, 5.74) is 14.0. The van der Waals surface area contributed by atoms with Crippen LogP contribution in [0.4, 0.5) is 0 Å². The largest absolute Gasteiger partial charge is 0.493 e. The van der Waals surface area contributed by atoms with E-state index in [0.717, 1.165) is 109 Å². The van der Waals surface area contributed by atoms with Gasteiger partial charge in [0, 0.05) is 76.5 Å². The number of H-pyrrole nitrogens is 2. The summed E-state index contributed by atoms with van der Waals surface area (Å²) in [5, 5.41) is 0. The number of nitrogens with zero attached hydrogens (tertiary/aromatic N) is 3. The first-order valence-electron chi connectivity index (χ1n) is 23.9. The molecule has 0 unspecified atom stereocenters. The van der Waals surface area contributed by atoms with Crippen LogP contribution in [0.1, 0.15) is 74.2 Å². The number of ether oxygens (including phenoxy) is 8. The second kappa shape index (κ2) is 21.8. The van der Waals surface area contributed by atoms with Gasteiger partial charge in [0.2, 0.25) is 11.5 Å². The monoisotopic (exact) mass is 953 g/mol. The highest BCUT2D eigenvalue weighted by atomic mass is 16.7. The molecule has 13 heteroatoms. The van der Waals surface area contributed by atoms with E-state index in [9.17, 15) is 0 Å². The SMILES string of the molecule is CCCCOc1c(OC)cc(-c2c3nc(c(-c4ccncc4)c4ccc([nH]4)c(-c4ccc(C(OC)OC)cc4)c4nc(c(-c5cc(OC)c(OCCCC)c(OC)c5)c5ccc2[nH]5)C=C4)C=C3)cc1OC. The standard InChI is InChI=1S/C58H59N5O8/c1-9-11-29-70-56-48(64-3)31-38(32-49(56)65-4)54-44-21-19-41(61-44)52(35-13-15-37(16-14-35)58(68-7)69-8)40-17-18-42(60-40)53(36-25-27-59-28-26-36)43-20-22-45(62-43)55(47-24-23-46(54)63-47)39-33-50(66-5)57(51(34-39)67-6)71-30-12-10-2/h13-28,31-34,58,60,63H,9-12,29-30H2,1-8H3. The Labute approximate surface area is 414 Å². The third-order valence-electron chi connectivity index (χ3n) is 12.6. The van der Waals surface area contributed by atoms with Gasteiger partial charge in [0.05, 0.1) is 64.4 Å². The Morgan fingerprint density at radius 1 is 0.437 bits per heavy atom. The number of fused-ring (bicyclic) bond motifs is 8. The van der Waals surface area contributed by atoms with E-state index in [1.807, 2.05) is 54.6 Å². The molecule has 0 saturated carbocycles. The second-order valence-corrected chi connectivity index (χ2v) is 17.0. The minimum absolute atomic E-state index is 0.516. The molecule has 6 heterocycles. The normalized spacial score (nSPS) is 11.8. The molecule has 2 aliphatic rings. The lowest BCUT2D eigenvalue weighted by Gasteiger charge is -2.17. The first-order chi connectivity index (χ1) is 34.8. The van der Waals surface area contributed by atoms with Crippen LogP contribution in [-0.2, 0) is 9.47 Å². The Morgan fingerprint density at radius 2 is 0.789 bits per heavy atom. The molecule has 0 saturated heterocycles. The quantitative estimate of drug-likeness (QED) is 0.0590.